The second-order valence-corrected chi connectivity index (χ2v) is 10.1. The van der Waals surface area contributed by atoms with Crippen LogP contribution in [0.4, 0.5) is 5.82 Å². The first-order chi connectivity index (χ1) is 18.1. The average Bonchev–Trinajstić information content (AvgIpc) is 3.28. The third-order valence-electron chi connectivity index (χ3n) is 5.76. The Bertz CT molecular complexity index is 1220. The number of ether oxygens (including phenoxy) is 1. The van der Waals surface area contributed by atoms with Gasteiger partial charge >= 0.3 is 0 Å². The van der Waals surface area contributed by atoms with Crippen LogP contribution in [0.1, 0.15) is 56.5 Å². The maximum Gasteiger partial charge on any atom is 0.247 e. The van der Waals surface area contributed by atoms with Crippen molar-refractivity contribution < 1.29 is 23.6 Å². The molecule has 3 aromatic rings. The lowest BCUT2D eigenvalue weighted by Crippen LogP contribution is -2.49. The van der Waals surface area contributed by atoms with E-state index in [0.29, 0.717) is 35.9 Å². The van der Waals surface area contributed by atoms with Crippen LogP contribution in [-0.4, -0.2) is 47.0 Å². The monoisotopic (exact) mass is 520 g/mol. The molecule has 1 heterocycles. The Kier molecular flexibility index (Phi) is 9.65. The predicted molar refractivity (Wildman–Crippen MR) is 145 cm³/mol. The minimum absolute atomic E-state index is 0.0667. The summed E-state index contributed by atoms with van der Waals surface area (Å²) in [6.45, 7) is 7.69. The van der Waals surface area contributed by atoms with Crippen molar-refractivity contribution in [1.82, 2.24) is 15.4 Å². The van der Waals surface area contributed by atoms with E-state index < -0.39 is 11.6 Å². The smallest absolute Gasteiger partial charge is 0.247 e. The molecular formula is C29H36N4O5. The number of hydrogen-bond donors (Lipinski definition) is 2. The first-order valence-electron chi connectivity index (χ1n) is 12.6. The second kappa shape index (κ2) is 12.9. The molecule has 202 valence electrons. The van der Waals surface area contributed by atoms with Gasteiger partial charge in [0.15, 0.2) is 5.82 Å². The standard InChI is InChI=1S/C29H36N4O5/c1-20-19-24(32-38-20)30-25(34)15-16-26(35)33(18-17-21-9-7-6-8-10-21)27(28(36)31-29(2,3)4)22-11-13-23(37-5)14-12-22/h6-14,19,27H,15-18H2,1-5H3,(H,31,36)(H,30,32,34)/t27-/m1/s1. The molecule has 0 fully saturated rings. The summed E-state index contributed by atoms with van der Waals surface area (Å²) in [5.74, 6) is 0.529. The van der Waals surface area contributed by atoms with Crippen LogP contribution in [0, 0.1) is 6.92 Å². The molecule has 2 aromatic carbocycles. The van der Waals surface area contributed by atoms with Gasteiger partial charge in [-0.05, 0) is 57.4 Å². The first kappa shape index (κ1) is 28.4. The van der Waals surface area contributed by atoms with Crippen LogP contribution in [0.5, 0.6) is 5.75 Å². The van der Waals surface area contributed by atoms with Gasteiger partial charge in [0.25, 0.3) is 0 Å². The number of nitrogens with zero attached hydrogens (tertiary/aromatic N) is 2. The zero-order valence-electron chi connectivity index (χ0n) is 22.6. The third-order valence-corrected chi connectivity index (χ3v) is 5.76. The third kappa shape index (κ3) is 8.47. The average molecular weight is 521 g/mol. The number of aryl methyl sites for hydroxylation is 1. The van der Waals surface area contributed by atoms with Crippen LogP contribution in [-0.2, 0) is 20.8 Å². The fourth-order valence-corrected chi connectivity index (χ4v) is 3.98. The highest BCUT2D eigenvalue weighted by atomic mass is 16.5. The van der Waals surface area contributed by atoms with Crippen molar-refractivity contribution in [3.05, 3.63) is 77.6 Å². The lowest BCUT2D eigenvalue weighted by Gasteiger charge is -2.34. The molecule has 1 atom stereocenters. The number of nitrogens with one attached hydrogen (secondary N) is 2. The molecule has 3 rings (SSSR count). The van der Waals surface area contributed by atoms with Gasteiger partial charge in [0, 0.05) is 31.0 Å². The van der Waals surface area contributed by atoms with Gasteiger partial charge in [-0.15, -0.1) is 0 Å². The van der Waals surface area contributed by atoms with Gasteiger partial charge in [-0.25, -0.2) is 0 Å². The van der Waals surface area contributed by atoms with E-state index >= 15 is 0 Å². The number of anilines is 1. The molecule has 9 heteroatoms. The summed E-state index contributed by atoms with van der Waals surface area (Å²) in [6.07, 6.45) is 0.405. The molecular weight excluding hydrogens is 484 g/mol. The van der Waals surface area contributed by atoms with Gasteiger partial charge in [-0.3, -0.25) is 14.4 Å². The Labute approximate surface area is 223 Å². The molecule has 3 amide bonds. The summed E-state index contributed by atoms with van der Waals surface area (Å²) in [5.41, 5.74) is 1.18. The highest BCUT2D eigenvalue weighted by molar-refractivity contribution is 5.94. The van der Waals surface area contributed by atoms with Gasteiger partial charge < -0.3 is 24.8 Å². The van der Waals surface area contributed by atoms with Crippen LogP contribution < -0.4 is 15.4 Å². The van der Waals surface area contributed by atoms with E-state index in [1.807, 2.05) is 51.1 Å². The Hall–Kier alpha value is -4.14. The Morgan fingerprint density at radius 2 is 1.71 bits per heavy atom. The molecule has 9 nitrogen and oxygen atoms in total. The molecule has 0 aliphatic heterocycles. The number of benzene rings is 2. The zero-order valence-corrected chi connectivity index (χ0v) is 22.6. The Morgan fingerprint density at radius 3 is 2.29 bits per heavy atom. The van der Waals surface area contributed by atoms with Crippen LogP contribution in [0.2, 0.25) is 0 Å². The van der Waals surface area contributed by atoms with E-state index in [9.17, 15) is 14.4 Å². The number of hydrogen-bond acceptors (Lipinski definition) is 6. The quantitative estimate of drug-likeness (QED) is 0.387. The van der Waals surface area contributed by atoms with Crippen LogP contribution >= 0.6 is 0 Å². The fourth-order valence-electron chi connectivity index (χ4n) is 3.98. The summed E-state index contributed by atoms with van der Waals surface area (Å²) >= 11 is 0. The molecule has 0 saturated heterocycles. The largest absolute Gasteiger partial charge is 0.497 e. The van der Waals surface area contributed by atoms with E-state index in [4.69, 9.17) is 9.26 Å². The van der Waals surface area contributed by atoms with Crippen LogP contribution in [0.15, 0.2) is 65.2 Å². The van der Waals surface area contributed by atoms with Gasteiger partial charge in [-0.1, -0.05) is 47.6 Å². The summed E-state index contributed by atoms with van der Waals surface area (Å²) in [7, 11) is 1.57. The summed E-state index contributed by atoms with van der Waals surface area (Å²) in [6, 6.07) is 17.6. The Balaban J connectivity index is 1.87. The van der Waals surface area contributed by atoms with Gasteiger partial charge in [-0.2, -0.15) is 0 Å². The molecule has 0 spiro atoms. The molecule has 0 bridgehead atoms. The van der Waals surface area contributed by atoms with Gasteiger partial charge in [0.05, 0.1) is 7.11 Å². The molecule has 2 N–H and O–H groups in total. The Morgan fingerprint density at radius 1 is 1.03 bits per heavy atom. The van der Waals surface area contributed by atoms with E-state index in [1.54, 1.807) is 49.3 Å². The van der Waals surface area contributed by atoms with E-state index in [-0.39, 0.29) is 30.6 Å². The van der Waals surface area contributed by atoms with Crippen molar-refractivity contribution in [2.45, 2.75) is 58.5 Å². The van der Waals surface area contributed by atoms with Crippen molar-refractivity contribution in [3.8, 4) is 5.75 Å². The first-order valence-corrected chi connectivity index (χ1v) is 12.6. The summed E-state index contributed by atoms with van der Waals surface area (Å²) < 4.78 is 10.3. The number of aromatic nitrogens is 1. The fraction of sp³-hybridized carbons (Fsp3) is 0.379. The normalized spacial score (nSPS) is 11.9. The van der Waals surface area contributed by atoms with E-state index in [2.05, 4.69) is 15.8 Å². The minimum atomic E-state index is -0.891. The molecule has 0 aliphatic rings. The molecule has 1 aromatic heterocycles. The summed E-state index contributed by atoms with van der Waals surface area (Å²) in [4.78, 5) is 41.3. The molecule has 0 saturated carbocycles. The van der Waals surface area contributed by atoms with Gasteiger partial charge in [0.2, 0.25) is 17.7 Å². The highest BCUT2D eigenvalue weighted by Gasteiger charge is 2.33. The number of carbonyl (C=O) groups excluding carboxylic acids is 3. The van der Waals surface area contributed by atoms with Crippen molar-refractivity contribution >= 4 is 23.5 Å². The van der Waals surface area contributed by atoms with E-state index in [1.165, 1.54) is 0 Å². The lowest BCUT2D eigenvalue weighted by molar-refractivity contribution is -0.142. The number of rotatable bonds is 11. The van der Waals surface area contributed by atoms with Crippen LogP contribution in [0.3, 0.4) is 0 Å². The number of methoxy groups -OCH3 is 1. The van der Waals surface area contributed by atoms with Crippen molar-refractivity contribution in [2.24, 2.45) is 0 Å². The number of amides is 3. The molecule has 0 radical (unpaired) electrons. The topological polar surface area (TPSA) is 114 Å². The maximum absolute atomic E-state index is 13.6. The molecule has 38 heavy (non-hydrogen) atoms. The van der Waals surface area contributed by atoms with Crippen molar-refractivity contribution in [3.63, 3.8) is 0 Å². The van der Waals surface area contributed by atoms with Crippen molar-refractivity contribution in [2.75, 3.05) is 19.0 Å². The van der Waals surface area contributed by atoms with Gasteiger partial charge in [0.1, 0.15) is 17.6 Å². The number of carbonyl (C=O) groups is 3. The second-order valence-electron chi connectivity index (χ2n) is 10.1. The minimum Gasteiger partial charge on any atom is -0.497 e. The summed E-state index contributed by atoms with van der Waals surface area (Å²) in [5, 5.41) is 9.41. The SMILES string of the molecule is COc1ccc([C@H](C(=O)NC(C)(C)C)N(CCc2ccccc2)C(=O)CCC(=O)Nc2cc(C)on2)cc1. The maximum atomic E-state index is 13.6. The highest BCUT2D eigenvalue weighted by Crippen LogP contribution is 2.26. The zero-order chi connectivity index (χ0) is 27.7. The lowest BCUT2D eigenvalue weighted by atomic mass is 10.00. The predicted octanol–water partition coefficient (Wildman–Crippen LogP) is 4.44. The molecule has 0 unspecified atom stereocenters. The van der Waals surface area contributed by atoms with Crippen molar-refractivity contribution in [1.29, 1.82) is 0 Å². The van der Waals surface area contributed by atoms with E-state index in [0.717, 1.165) is 5.56 Å². The van der Waals surface area contributed by atoms with Crippen LogP contribution in [0.25, 0.3) is 0 Å². The molecule has 0 aliphatic carbocycles.